The topological polar surface area (TPSA) is 55.1 Å². The molecule has 0 aliphatic rings. The Kier molecular flexibility index (Phi) is 4.65. The minimum atomic E-state index is -0.223. The lowest BCUT2D eigenvalue weighted by Gasteiger charge is -2.06. The van der Waals surface area contributed by atoms with Gasteiger partial charge in [0.1, 0.15) is 5.69 Å². The molecule has 2 aromatic heterocycles. The molecule has 0 saturated carbocycles. The van der Waals surface area contributed by atoms with Gasteiger partial charge in [-0.1, -0.05) is 29.3 Å². The second-order valence-corrected chi connectivity index (χ2v) is 5.65. The van der Waals surface area contributed by atoms with Crippen molar-refractivity contribution in [2.75, 3.05) is 0 Å². The number of aromatic nitrogens is 1. The number of nitrogens with one attached hydrogen (secondary N) is 1. The molecule has 3 rings (SSSR count). The molecule has 1 aromatic carbocycles. The Morgan fingerprint density at radius 3 is 2.65 bits per heavy atom. The third kappa shape index (κ3) is 3.73. The lowest BCUT2D eigenvalue weighted by molar-refractivity contribution is 0.0951. The minimum absolute atomic E-state index is 0.223. The van der Waals surface area contributed by atoms with Crippen LogP contribution in [0.2, 0.25) is 10.0 Å². The molecular formula is C17H12Cl2N2O2. The van der Waals surface area contributed by atoms with Gasteiger partial charge in [-0.2, -0.15) is 0 Å². The van der Waals surface area contributed by atoms with Crippen molar-refractivity contribution in [3.05, 3.63) is 76.1 Å². The number of furan rings is 1. The number of carbonyl (C=O) groups excluding carboxylic acids is 1. The average molecular weight is 347 g/mol. The summed E-state index contributed by atoms with van der Waals surface area (Å²) in [6, 6.07) is 12.1. The fourth-order valence-corrected chi connectivity index (χ4v) is 2.32. The van der Waals surface area contributed by atoms with Crippen LogP contribution in [0.25, 0.3) is 11.5 Å². The van der Waals surface area contributed by atoms with E-state index >= 15 is 0 Å². The van der Waals surface area contributed by atoms with Gasteiger partial charge < -0.3 is 9.73 Å². The summed E-state index contributed by atoms with van der Waals surface area (Å²) in [5.74, 6) is 0.482. The summed E-state index contributed by atoms with van der Waals surface area (Å²) < 4.78 is 5.28. The van der Waals surface area contributed by atoms with E-state index in [2.05, 4.69) is 10.3 Å². The predicted octanol–water partition coefficient (Wildman–Crippen LogP) is 4.58. The van der Waals surface area contributed by atoms with Gasteiger partial charge in [0.05, 0.1) is 16.3 Å². The normalized spacial score (nSPS) is 10.5. The molecule has 1 N–H and O–H groups in total. The molecule has 2 heterocycles. The molecule has 1 amide bonds. The van der Waals surface area contributed by atoms with Gasteiger partial charge >= 0.3 is 0 Å². The molecule has 23 heavy (non-hydrogen) atoms. The Hall–Kier alpha value is -2.30. The van der Waals surface area contributed by atoms with E-state index in [1.54, 1.807) is 24.6 Å². The molecule has 0 fully saturated rings. The largest absolute Gasteiger partial charge is 0.463 e. The number of rotatable bonds is 4. The number of carbonyl (C=O) groups is 1. The molecule has 0 radical (unpaired) electrons. The van der Waals surface area contributed by atoms with Crippen LogP contribution < -0.4 is 5.32 Å². The van der Waals surface area contributed by atoms with Crippen LogP contribution in [0.4, 0.5) is 0 Å². The summed E-state index contributed by atoms with van der Waals surface area (Å²) in [6.07, 6.45) is 3.30. The highest BCUT2D eigenvalue weighted by Crippen LogP contribution is 2.22. The van der Waals surface area contributed by atoms with Crippen molar-refractivity contribution in [2.24, 2.45) is 0 Å². The summed E-state index contributed by atoms with van der Waals surface area (Å²) in [4.78, 5) is 16.4. The maximum absolute atomic E-state index is 12.1. The van der Waals surface area contributed by atoms with Gasteiger partial charge in [-0.25, -0.2) is 0 Å². The fourth-order valence-electron chi connectivity index (χ4n) is 2.02. The standard InChI is InChI=1S/C17H12Cl2N2O2/c18-13-5-4-12(8-14(13)19)17(22)21-10-11-3-6-15(20-9-11)16-2-1-7-23-16/h1-9H,10H2,(H,21,22). The Morgan fingerprint density at radius 2 is 2.00 bits per heavy atom. The minimum Gasteiger partial charge on any atom is -0.463 e. The smallest absolute Gasteiger partial charge is 0.251 e. The lowest BCUT2D eigenvalue weighted by atomic mass is 10.2. The monoisotopic (exact) mass is 346 g/mol. The average Bonchev–Trinajstić information content (AvgIpc) is 3.10. The number of halogens is 2. The molecule has 6 heteroatoms. The van der Waals surface area contributed by atoms with E-state index in [1.165, 1.54) is 6.07 Å². The van der Waals surface area contributed by atoms with Gasteiger partial charge in [0.15, 0.2) is 5.76 Å². The first-order valence-corrected chi connectivity index (χ1v) is 7.61. The quantitative estimate of drug-likeness (QED) is 0.752. The van der Waals surface area contributed by atoms with Crippen molar-refractivity contribution in [1.82, 2.24) is 10.3 Å². The van der Waals surface area contributed by atoms with E-state index in [0.717, 1.165) is 11.3 Å². The summed E-state index contributed by atoms with van der Waals surface area (Å²) in [5, 5.41) is 3.58. The molecule has 0 unspecified atom stereocenters. The third-order valence-corrected chi connectivity index (χ3v) is 3.97. The number of hydrogen-bond acceptors (Lipinski definition) is 3. The molecule has 0 bridgehead atoms. The first kappa shape index (κ1) is 15.6. The van der Waals surface area contributed by atoms with E-state index in [1.807, 2.05) is 24.3 Å². The number of nitrogens with zero attached hydrogens (tertiary/aromatic N) is 1. The summed E-state index contributed by atoms with van der Waals surface area (Å²) >= 11 is 11.7. The highest BCUT2D eigenvalue weighted by atomic mass is 35.5. The van der Waals surface area contributed by atoms with E-state index < -0.39 is 0 Å². The van der Waals surface area contributed by atoms with Crippen molar-refractivity contribution >= 4 is 29.1 Å². The Bertz CT molecular complexity index is 815. The zero-order valence-electron chi connectivity index (χ0n) is 11.9. The number of hydrogen-bond donors (Lipinski definition) is 1. The van der Waals surface area contributed by atoms with E-state index in [0.29, 0.717) is 27.9 Å². The van der Waals surface area contributed by atoms with Gasteiger partial charge in [-0.05, 0) is 42.0 Å². The fraction of sp³-hybridized carbons (Fsp3) is 0.0588. The van der Waals surface area contributed by atoms with E-state index in [-0.39, 0.29) is 5.91 Å². The second-order valence-electron chi connectivity index (χ2n) is 4.84. The first-order valence-electron chi connectivity index (χ1n) is 6.85. The summed E-state index contributed by atoms with van der Waals surface area (Å²) in [5.41, 5.74) is 2.09. The van der Waals surface area contributed by atoms with Crippen LogP contribution in [0, 0.1) is 0 Å². The SMILES string of the molecule is O=C(NCc1ccc(-c2ccco2)nc1)c1ccc(Cl)c(Cl)c1. The van der Waals surface area contributed by atoms with Crippen molar-refractivity contribution in [3.8, 4) is 11.5 Å². The third-order valence-electron chi connectivity index (χ3n) is 3.23. The second kappa shape index (κ2) is 6.86. The molecule has 0 spiro atoms. The molecule has 3 aromatic rings. The summed E-state index contributed by atoms with van der Waals surface area (Å²) in [7, 11) is 0. The zero-order chi connectivity index (χ0) is 16.2. The van der Waals surface area contributed by atoms with E-state index in [9.17, 15) is 4.79 Å². The van der Waals surface area contributed by atoms with Crippen LogP contribution in [0.15, 0.2) is 59.3 Å². The van der Waals surface area contributed by atoms with Crippen LogP contribution in [-0.2, 0) is 6.54 Å². The van der Waals surface area contributed by atoms with Crippen molar-refractivity contribution in [3.63, 3.8) is 0 Å². The Labute approximate surface area is 143 Å². The first-order chi connectivity index (χ1) is 11.1. The zero-order valence-corrected chi connectivity index (χ0v) is 13.4. The van der Waals surface area contributed by atoms with Gasteiger partial charge in [-0.15, -0.1) is 0 Å². The van der Waals surface area contributed by atoms with Crippen LogP contribution in [-0.4, -0.2) is 10.9 Å². The van der Waals surface area contributed by atoms with Crippen molar-refractivity contribution in [1.29, 1.82) is 0 Å². The Balaban J connectivity index is 1.63. The van der Waals surface area contributed by atoms with Crippen LogP contribution in [0.3, 0.4) is 0 Å². The van der Waals surface area contributed by atoms with Gasteiger partial charge in [0.25, 0.3) is 5.91 Å². The van der Waals surface area contributed by atoms with Crippen LogP contribution >= 0.6 is 23.2 Å². The Morgan fingerprint density at radius 1 is 1.13 bits per heavy atom. The highest BCUT2D eigenvalue weighted by Gasteiger charge is 2.08. The summed E-state index contributed by atoms with van der Waals surface area (Å²) in [6.45, 7) is 0.366. The van der Waals surface area contributed by atoms with Crippen molar-refractivity contribution in [2.45, 2.75) is 6.54 Å². The van der Waals surface area contributed by atoms with E-state index in [4.69, 9.17) is 27.6 Å². The predicted molar refractivity (Wildman–Crippen MR) is 89.6 cm³/mol. The maximum atomic E-state index is 12.1. The molecule has 0 aliphatic carbocycles. The van der Waals surface area contributed by atoms with Gasteiger partial charge in [-0.3, -0.25) is 9.78 Å². The van der Waals surface area contributed by atoms with Crippen molar-refractivity contribution < 1.29 is 9.21 Å². The molecule has 0 saturated heterocycles. The van der Waals surface area contributed by atoms with Gasteiger partial charge in [0.2, 0.25) is 0 Å². The molecule has 116 valence electrons. The molecular weight excluding hydrogens is 335 g/mol. The number of pyridine rings is 1. The molecule has 4 nitrogen and oxygen atoms in total. The highest BCUT2D eigenvalue weighted by molar-refractivity contribution is 6.42. The lowest BCUT2D eigenvalue weighted by Crippen LogP contribution is -2.22. The maximum Gasteiger partial charge on any atom is 0.251 e. The van der Waals surface area contributed by atoms with Crippen LogP contribution in [0.5, 0.6) is 0 Å². The van der Waals surface area contributed by atoms with Gasteiger partial charge in [0, 0.05) is 18.3 Å². The number of amides is 1. The molecule has 0 atom stereocenters. The van der Waals surface area contributed by atoms with Crippen LogP contribution in [0.1, 0.15) is 15.9 Å². The number of benzene rings is 1. The molecule has 0 aliphatic heterocycles.